The SMILES string of the molecule is CC1(NS(=O)(=O)c2cc([N+](=O)[O-])ccc2N)CCOC1. The molecule has 0 spiro atoms. The number of nitrogens with zero attached hydrogens (tertiary/aromatic N) is 1. The first-order chi connectivity index (χ1) is 9.23. The van der Waals surface area contributed by atoms with Gasteiger partial charge < -0.3 is 10.5 Å². The summed E-state index contributed by atoms with van der Waals surface area (Å²) in [5.74, 6) is 0. The number of non-ortho nitro benzene ring substituents is 1. The van der Waals surface area contributed by atoms with E-state index < -0.39 is 20.5 Å². The van der Waals surface area contributed by atoms with E-state index in [1.54, 1.807) is 6.92 Å². The van der Waals surface area contributed by atoms with Crippen LogP contribution in [0.5, 0.6) is 0 Å². The molecule has 110 valence electrons. The smallest absolute Gasteiger partial charge is 0.270 e. The fourth-order valence-electron chi connectivity index (χ4n) is 2.00. The minimum atomic E-state index is -3.95. The van der Waals surface area contributed by atoms with Crippen LogP contribution in [0.4, 0.5) is 11.4 Å². The fourth-order valence-corrected chi connectivity index (χ4v) is 3.57. The Morgan fingerprint density at radius 3 is 2.75 bits per heavy atom. The molecule has 0 bridgehead atoms. The van der Waals surface area contributed by atoms with E-state index in [0.29, 0.717) is 13.0 Å². The van der Waals surface area contributed by atoms with Gasteiger partial charge in [0.05, 0.1) is 22.8 Å². The summed E-state index contributed by atoms with van der Waals surface area (Å²) in [5.41, 5.74) is 4.53. The van der Waals surface area contributed by atoms with Crippen LogP contribution in [0.3, 0.4) is 0 Å². The summed E-state index contributed by atoms with van der Waals surface area (Å²) in [5, 5.41) is 10.7. The molecule has 0 radical (unpaired) electrons. The van der Waals surface area contributed by atoms with Crippen molar-refractivity contribution in [3.05, 3.63) is 28.3 Å². The Bertz CT molecular complexity index is 637. The number of rotatable bonds is 4. The number of hydrogen-bond donors (Lipinski definition) is 2. The van der Waals surface area contributed by atoms with Crippen LogP contribution in [0.2, 0.25) is 0 Å². The molecule has 9 heteroatoms. The number of nitro groups is 1. The van der Waals surface area contributed by atoms with Gasteiger partial charge in [-0.15, -0.1) is 0 Å². The largest absolute Gasteiger partial charge is 0.398 e. The molecule has 1 aliphatic rings. The second kappa shape index (κ2) is 5.00. The Morgan fingerprint density at radius 1 is 1.50 bits per heavy atom. The van der Waals surface area contributed by atoms with Gasteiger partial charge >= 0.3 is 0 Å². The molecule has 1 aliphatic heterocycles. The van der Waals surface area contributed by atoms with Gasteiger partial charge in [0.1, 0.15) is 4.90 Å². The molecule has 8 nitrogen and oxygen atoms in total. The van der Waals surface area contributed by atoms with Gasteiger partial charge in [0, 0.05) is 18.7 Å². The van der Waals surface area contributed by atoms with Crippen molar-refractivity contribution in [1.82, 2.24) is 4.72 Å². The average Bonchev–Trinajstić information content (AvgIpc) is 2.74. The molecule has 0 saturated carbocycles. The van der Waals surface area contributed by atoms with Crippen LogP contribution >= 0.6 is 0 Å². The lowest BCUT2D eigenvalue weighted by molar-refractivity contribution is -0.385. The maximum atomic E-state index is 12.3. The topological polar surface area (TPSA) is 125 Å². The zero-order valence-corrected chi connectivity index (χ0v) is 11.6. The summed E-state index contributed by atoms with van der Waals surface area (Å²) in [4.78, 5) is 9.77. The number of nitrogens with one attached hydrogen (secondary N) is 1. The number of sulfonamides is 1. The molecule has 1 aromatic rings. The predicted octanol–water partition coefficient (Wildman–Crippen LogP) is 0.634. The van der Waals surface area contributed by atoms with Gasteiger partial charge in [-0.05, 0) is 19.4 Å². The third kappa shape index (κ3) is 2.89. The molecule has 20 heavy (non-hydrogen) atoms. The summed E-state index contributed by atoms with van der Waals surface area (Å²) in [6.07, 6.45) is 0.529. The first-order valence-corrected chi connectivity index (χ1v) is 7.37. The minimum Gasteiger partial charge on any atom is -0.398 e. The van der Waals surface area contributed by atoms with Gasteiger partial charge in [-0.2, -0.15) is 0 Å². The van der Waals surface area contributed by atoms with Gasteiger partial charge in [0.25, 0.3) is 5.69 Å². The predicted molar refractivity (Wildman–Crippen MR) is 71.7 cm³/mol. The van der Waals surface area contributed by atoms with Crippen LogP contribution in [0.15, 0.2) is 23.1 Å². The molecule has 3 N–H and O–H groups in total. The van der Waals surface area contributed by atoms with Crippen molar-refractivity contribution in [2.24, 2.45) is 0 Å². The maximum absolute atomic E-state index is 12.3. The highest BCUT2D eigenvalue weighted by atomic mass is 32.2. The quantitative estimate of drug-likeness (QED) is 0.477. The van der Waals surface area contributed by atoms with Crippen molar-refractivity contribution in [2.45, 2.75) is 23.8 Å². The van der Waals surface area contributed by atoms with E-state index in [9.17, 15) is 18.5 Å². The highest BCUT2D eigenvalue weighted by molar-refractivity contribution is 7.89. The molecule has 2 rings (SSSR count). The number of nitro benzene ring substituents is 1. The standard InChI is InChI=1S/C11H15N3O5S/c1-11(4-5-19-7-11)13-20(17,18)10-6-8(14(15)16)2-3-9(10)12/h2-3,6,13H,4-5,7,12H2,1H3. The van der Waals surface area contributed by atoms with Gasteiger partial charge in [-0.3, -0.25) is 10.1 Å². The van der Waals surface area contributed by atoms with Crippen molar-refractivity contribution in [1.29, 1.82) is 0 Å². The number of anilines is 1. The monoisotopic (exact) mass is 301 g/mol. The van der Waals surface area contributed by atoms with E-state index in [1.165, 1.54) is 6.07 Å². The summed E-state index contributed by atoms with van der Waals surface area (Å²) in [7, 11) is -3.95. The Kier molecular flexibility index (Phi) is 3.67. The van der Waals surface area contributed by atoms with Crippen molar-refractivity contribution in [2.75, 3.05) is 18.9 Å². The Labute approximate surface area is 116 Å². The van der Waals surface area contributed by atoms with Crippen LogP contribution in [-0.4, -0.2) is 32.1 Å². The van der Waals surface area contributed by atoms with E-state index in [4.69, 9.17) is 10.5 Å². The zero-order valence-electron chi connectivity index (χ0n) is 10.8. The first kappa shape index (κ1) is 14.7. The highest BCUT2D eigenvalue weighted by Gasteiger charge is 2.35. The third-order valence-corrected chi connectivity index (χ3v) is 4.79. The van der Waals surface area contributed by atoms with E-state index in [2.05, 4.69) is 4.72 Å². The van der Waals surface area contributed by atoms with Crippen molar-refractivity contribution < 1.29 is 18.1 Å². The lowest BCUT2D eigenvalue weighted by atomic mass is 10.0. The van der Waals surface area contributed by atoms with E-state index in [-0.39, 0.29) is 22.9 Å². The van der Waals surface area contributed by atoms with Crippen molar-refractivity contribution >= 4 is 21.4 Å². The second-order valence-electron chi connectivity index (χ2n) is 4.95. The van der Waals surface area contributed by atoms with Crippen LogP contribution in [0.25, 0.3) is 0 Å². The number of benzene rings is 1. The molecule has 1 fully saturated rings. The third-order valence-electron chi connectivity index (χ3n) is 3.10. The van der Waals surface area contributed by atoms with E-state index >= 15 is 0 Å². The Morgan fingerprint density at radius 2 is 2.20 bits per heavy atom. The van der Waals surface area contributed by atoms with Crippen LogP contribution in [-0.2, 0) is 14.8 Å². The van der Waals surface area contributed by atoms with Crippen LogP contribution < -0.4 is 10.5 Å². The molecule has 1 unspecified atom stereocenters. The summed E-state index contributed by atoms with van der Waals surface area (Å²) >= 11 is 0. The zero-order chi connectivity index (χ0) is 15.0. The van der Waals surface area contributed by atoms with E-state index in [1.807, 2.05) is 0 Å². The van der Waals surface area contributed by atoms with Crippen LogP contribution in [0.1, 0.15) is 13.3 Å². The first-order valence-electron chi connectivity index (χ1n) is 5.89. The average molecular weight is 301 g/mol. The summed E-state index contributed by atoms with van der Waals surface area (Å²) < 4.78 is 32.3. The van der Waals surface area contributed by atoms with Crippen molar-refractivity contribution in [3.8, 4) is 0 Å². The Balaban J connectivity index is 2.38. The highest BCUT2D eigenvalue weighted by Crippen LogP contribution is 2.27. The molecule has 1 aromatic carbocycles. The number of ether oxygens (including phenoxy) is 1. The molecule has 0 amide bonds. The summed E-state index contributed by atoms with van der Waals surface area (Å²) in [6.45, 7) is 2.43. The molecular weight excluding hydrogens is 286 g/mol. The number of hydrogen-bond acceptors (Lipinski definition) is 6. The second-order valence-corrected chi connectivity index (χ2v) is 6.60. The Hall–Kier alpha value is -1.71. The fraction of sp³-hybridized carbons (Fsp3) is 0.455. The minimum absolute atomic E-state index is 0.0365. The van der Waals surface area contributed by atoms with Gasteiger partial charge in [-0.1, -0.05) is 0 Å². The van der Waals surface area contributed by atoms with Gasteiger partial charge in [-0.25, -0.2) is 13.1 Å². The summed E-state index contributed by atoms with van der Waals surface area (Å²) in [6, 6.07) is 3.33. The maximum Gasteiger partial charge on any atom is 0.270 e. The van der Waals surface area contributed by atoms with Crippen LogP contribution in [0, 0.1) is 10.1 Å². The lowest BCUT2D eigenvalue weighted by Gasteiger charge is -2.23. The lowest BCUT2D eigenvalue weighted by Crippen LogP contribution is -2.46. The van der Waals surface area contributed by atoms with Gasteiger partial charge in [0.15, 0.2) is 0 Å². The molecule has 1 atom stereocenters. The van der Waals surface area contributed by atoms with Crippen molar-refractivity contribution in [3.63, 3.8) is 0 Å². The molecule has 1 heterocycles. The van der Waals surface area contributed by atoms with E-state index in [0.717, 1.165) is 12.1 Å². The molecule has 0 aromatic heterocycles. The number of nitrogen functional groups attached to an aromatic ring is 1. The van der Waals surface area contributed by atoms with Gasteiger partial charge in [0.2, 0.25) is 10.0 Å². The molecule has 0 aliphatic carbocycles. The molecule has 1 saturated heterocycles. The number of nitrogens with two attached hydrogens (primary N) is 1. The normalized spacial score (nSPS) is 22.9. The molecular formula is C11H15N3O5S.